The minimum atomic E-state index is -2.29. The Morgan fingerprint density at radius 1 is 0.756 bits per heavy atom. The smallest absolute Gasteiger partial charge is 0.330 e. The molecule has 0 bridgehead atoms. The second-order valence-corrected chi connectivity index (χ2v) is 17.7. The van der Waals surface area contributed by atoms with Crippen LogP contribution in [0.4, 0.5) is 0 Å². The van der Waals surface area contributed by atoms with Crippen molar-refractivity contribution in [2.24, 2.45) is 5.92 Å². The molecule has 0 N–H and O–H groups in total. The molecule has 3 aromatic rings. The average molecular weight is 633 g/mol. The quantitative estimate of drug-likeness (QED) is 0.0796. The van der Waals surface area contributed by atoms with Crippen LogP contribution in [0.2, 0.25) is 18.1 Å². The summed E-state index contributed by atoms with van der Waals surface area (Å²) in [6.45, 7) is 16.9. The Balaban J connectivity index is 2.01. The van der Waals surface area contributed by atoms with E-state index in [9.17, 15) is 4.79 Å². The Kier molecular flexibility index (Phi) is 14.7. The molecule has 244 valence electrons. The van der Waals surface area contributed by atoms with E-state index in [2.05, 4.69) is 58.1 Å². The van der Waals surface area contributed by atoms with E-state index in [4.69, 9.17) is 23.4 Å². The molecule has 0 spiro atoms. The second-order valence-electron chi connectivity index (χ2n) is 12.9. The van der Waals surface area contributed by atoms with Crippen molar-refractivity contribution in [3.63, 3.8) is 0 Å². The third-order valence-corrected chi connectivity index (χ3v) is 12.8. The van der Waals surface area contributed by atoms with Crippen LogP contribution in [0, 0.1) is 5.92 Å². The van der Waals surface area contributed by atoms with Crippen LogP contribution in [0.1, 0.15) is 51.3 Å². The zero-order valence-corrected chi connectivity index (χ0v) is 29.1. The van der Waals surface area contributed by atoms with Crippen LogP contribution in [0.25, 0.3) is 0 Å². The van der Waals surface area contributed by atoms with Gasteiger partial charge in [0.2, 0.25) is 0 Å². The molecule has 0 aliphatic rings. The molecule has 4 atom stereocenters. The van der Waals surface area contributed by atoms with Gasteiger partial charge < -0.3 is 23.4 Å². The Morgan fingerprint density at radius 3 is 1.69 bits per heavy atom. The minimum Gasteiger partial charge on any atom is -0.463 e. The zero-order valence-electron chi connectivity index (χ0n) is 28.1. The highest BCUT2D eigenvalue weighted by molar-refractivity contribution is 6.74. The second kappa shape index (κ2) is 18.2. The summed E-state index contributed by atoms with van der Waals surface area (Å²) in [4.78, 5) is 12.3. The lowest BCUT2D eigenvalue weighted by atomic mass is 9.95. The molecule has 0 aromatic heterocycles. The van der Waals surface area contributed by atoms with Crippen molar-refractivity contribution in [1.29, 1.82) is 0 Å². The molecule has 7 heteroatoms. The first-order valence-electron chi connectivity index (χ1n) is 16.0. The topological polar surface area (TPSA) is 63.2 Å². The third-order valence-electron chi connectivity index (χ3n) is 8.25. The van der Waals surface area contributed by atoms with Crippen molar-refractivity contribution >= 4 is 14.3 Å². The van der Waals surface area contributed by atoms with E-state index in [1.54, 1.807) is 6.92 Å². The van der Waals surface area contributed by atoms with Gasteiger partial charge in [-0.05, 0) is 41.7 Å². The normalized spacial score (nSPS) is 15.0. The Morgan fingerprint density at radius 2 is 1.22 bits per heavy atom. The van der Waals surface area contributed by atoms with E-state index in [0.29, 0.717) is 33.0 Å². The number of hydrogen-bond donors (Lipinski definition) is 0. The summed E-state index contributed by atoms with van der Waals surface area (Å²) in [6, 6.07) is 30.3. The van der Waals surface area contributed by atoms with Crippen LogP contribution < -0.4 is 0 Å². The Hall–Kier alpha value is -3.07. The number of hydrogen-bond acceptors (Lipinski definition) is 6. The lowest BCUT2D eigenvalue weighted by Crippen LogP contribution is -2.53. The molecule has 0 heterocycles. The van der Waals surface area contributed by atoms with Gasteiger partial charge in [-0.15, -0.1) is 0 Å². The monoisotopic (exact) mass is 632 g/mol. The van der Waals surface area contributed by atoms with Crippen molar-refractivity contribution < 1.29 is 28.2 Å². The fourth-order valence-corrected chi connectivity index (χ4v) is 5.95. The summed E-state index contributed by atoms with van der Waals surface area (Å²) >= 11 is 0. The maximum absolute atomic E-state index is 12.3. The third kappa shape index (κ3) is 12.3. The first-order chi connectivity index (χ1) is 21.5. The molecule has 45 heavy (non-hydrogen) atoms. The number of rotatable bonds is 18. The summed E-state index contributed by atoms with van der Waals surface area (Å²) < 4.78 is 32.2. The molecule has 3 aromatic carbocycles. The molecular weight excluding hydrogens is 580 g/mol. The van der Waals surface area contributed by atoms with Gasteiger partial charge in [0.05, 0.1) is 45.2 Å². The van der Waals surface area contributed by atoms with Gasteiger partial charge in [0.15, 0.2) is 8.32 Å². The Bertz CT molecular complexity index is 1270. The van der Waals surface area contributed by atoms with Crippen molar-refractivity contribution in [2.75, 3.05) is 13.2 Å². The molecular formula is C38H52O6Si. The fraction of sp³-hybridized carbons (Fsp3) is 0.447. The van der Waals surface area contributed by atoms with Gasteiger partial charge in [0, 0.05) is 12.0 Å². The first kappa shape index (κ1) is 36.4. The summed E-state index contributed by atoms with van der Waals surface area (Å²) in [5.41, 5.74) is 3.19. The minimum absolute atomic E-state index is 0.0372. The highest BCUT2D eigenvalue weighted by Gasteiger charge is 2.44. The maximum Gasteiger partial charge on any atom is 0.330 e. The molecule has 3 rings (SSSR count). The van der Waals surface area contributed by atoms with Crippen LogP contribution in [-0.2, 0) is 48.0 Å². The number of benzene rings is 3. The van der Waals surface area contributed by atoms with Crippen LogP contribution in [-0.4, -0.2) is 45.8 Å². The highest BCUT2D eigenvalue weighted by Crippen LogP contribution is 2.39. The first-order valence-corrected chi connectivity index (χ1v) is 18.9. The number of ether oxygens (including phenoxy) is 4. The van der Waals surface area contributed by atoms with Crippen LogP contribution in [0.3, 0.4) is 0 Å². The molecule has 0 aliphatic heterocycles. The average Bonchev–Trinajstić information content (AvgIpc) is 3.02. The maximum atomic E-state index is 12.3. The standard InChI is InChI=1S/C38H52O6Si/c1-8-41-35(39)25-24-30(2)36(42-27-32-20-14-10-15-21-32)37(43-28-33-22-16-11-17-23-33)34(44-45(6,7)38(3,4)5)29-40-26-31-18-12-9-13-19-31/h9-25,30,34,36-37H,8,26-29H2,1-7H3/b25-24+/t30-,34-,36+,37-/m1/s1. The fourth-order valence-electron chi connectivity index (χ4n) is 4.64. The van der Waals surface area contributed by atoms with Gasteiger partial charge in [-0.25, -0.2) is 4.79 Å². The van der Waals surface area contributed by atoms with Crippen LogP contribution in [0.5, 0.6) is 0 Å². The van der Waals surface area contributed by atoms with E-state index < -0.39 is 26.6 Å². The molecule has 0 radical (unpaired) electrons. The lowest BCUT2D eigenvalue weighted by molar-refractivity contribution is -0.152. The SMILES string of the molecule is CCOC(=O)/C=C/[C@@H](C)[C@H](OCc1ccccc1)[C@H](OCc1ccccc1)[C@@H](COCc1ccccc1)O[Si](C)(C)C(C)(C)C. The lowest BCUT2D eigenvalue weighted by Gasteiger charge is -2.43. The van der Waals surface area contributed by atoms with Gasteiger partial charge in [-0.2, -0.15) is 0 Å². The van der Waals surface area contributed by atoms with Crippen LogP contribution in [0.15, 0.2) is 103 Å². The summed E-state index contributed by atoms with van der Waals surface area (Å²) in [5, 5.41) is -0.0372. The van der Waals surface area contributed by atoms with Crippen molar-refractivity contribution in [3.8, 4) is 0 Å². The molecule has 0 saturated heterocycles. The van der Waals surface area contributed by atoms with Crippen LogP contribution >= 0.6 is 0 Å². The van der Waals surface area contributed by atoms with E-state index >= 15 is 0 Å². The van der Waals surface area contributed by atoms with E-state index in [-0.39, 0.29) is 16.9 Å². The van der Waals surface area contributed by atoms with Gasteiger partial charge in [-0.3, -0.25) is 0 Å². The molecule has 0 unspecified atom stereocenters. The number of esters is 1. The largest absolute Gasteiger partial charge is 0.463 e. The van der Waals surface area contributed by atoms with Crippen molar-refractivity contribution in [1.82, 2.24) is 0 Å². The van der Waals surface area contributed by atoms with Crippen molar-refractivity contribution in [2.45, 2.75) is 90.9 Å². The van der Waals surface area contributed by atoms with Crippen molar-refractivity contribution in [3.05, 3.63) is 120 Å². The number of carbonyl (C=O) groups excluding carboxylic acids is 1. The predicted molar refractivity (Wildman–Crippen MR) is 183 cm³/mol. The summed E-state index contributed by atoms with van der Waals surface area (Å²) in [7, 11) is -2.29. The summed E-state index contributed by atoms with van der Waals surface area (Å²) in [5.74, 6) is -0.591. The highest BCUT2D eigenvalue weighted by atomic mass is 28.4. The van der Waals surface area contributed by atoms with Gasteiger partial charge in [-0.1, -0.05) is 125 Å². The van der Waals surface area contributed by atoms with E-state index in [1.807, 2.05) is 79.7 Å². The molecule has 0 saturated carbocycles. The number of carbonyl (C=O) groups is 1. The zero-order chi connectivity index (χ0) is 32.7. The van der Waals surface area contributed by atoms with E-state index in [1.165, 1.54) is 6.08 Å². The van der Waals surface area contributed by atoms with Gasteiger partial charge in [0.25, 0.3) is 0 Å². The van der Waals surface area contributed by atoms with Gasteiger partial charge >= 0.3 is 5.97 Å². The molecule has 0 aliphatic carbocycles. The Labute approximate surface area is 271 Å². The van der Waals surface area contributed by atoms with Gasteiger partial charge in [0.1, 0.15) is 6.10 Å². The van der Waals surface area contributed by atoms with E-state index in [0.717, 1.165) is 16.7 Å². The molecule has 6 nitrogen and oxygen atoms in total. The molecule has 0 fully saturated rings. The predicted octanol–water partition coefficient (Wildman–Crippen LogP) is 8.52. The molecule has 0 amide bonds. The summed E-state index contributed by atoms with van der Waals surface area (Å²) in [6.07, 6.45) is 1.92.